The number of carbonyl (C=O) groups is 2. The number of ether oxygens (including phenoxy) is 1. The van der Waals surface area contributed by atoms with E-state index >= 15 is 0 Å². The second kappa shape index (κ2) is 9.22. The number of para-hydroxylation sites is 2. The molecular weight excluding hydrogens is 334 g/mol. The van der Waals surface area contributed by atoms with Gasteiger partial charge in [0.15, 0.2) is 0 Å². The van der Waals surface area contributed by atoms with Gasteiger partial charge in [-0.25, -0.2) is 5.43 Å². The molecule has 0 aromatic heterocycles. The summed E-state index contributed by atoms with van der Waals surface area (Å²) in [5.41, 5.74) is 3.74. The largest absolute Gasteiger partial charge is 0.507 e. The second-order valence-corrected chi connectivity index (χ2v) is 5.57. The average molecular weight is 355 g/mol. The third-order valence-corrected chi connectivity index (χ3v) is 3.58. The van der Waals surface area contributed by atoms with Gasteiger partial charge in [-0.1, -0.05) is 30.3 Å². The number of nitrogens with zero attached hydrogens (tertiary/aromatic N) is 1. The Bertz CT molecular complexity index is 818. The number of hydrazone groups is 1. The molecule has 0 radical (unpaired) electrons. The van der Waals surface area contributed by atoms with Crippen LogP contribution in [0.4, 0.5) is 0 Å². The van der Waals surface area contributed by atoms with Crippen molar-refractivity contribution < 1.29 is 19.4 Å². The minimum atomic E-state index is -0.545. The summed E-state index contributed by atoms with van der Waals surface area (Å²) in [6.07, 6.45) is 0.0379. The van der Waals surface area contributed by atoms with E-state index in [1.165, 1.54) is 12.1 Å². The topological polar surface area (TPSA) is 100 Å². The normalized spacial score (nSPS) is 10.9. The summed E-state index contributed by atoms with van der Waals surface area (Å²) in [7, 11) is 1.57. The maximum atomic E-state index is 12.0. The van der Waals surface area contributed by atoms with Gasteiger partial charge in [0.2, 0.25) is 5.91 Å². The fourth-order valence-corrected chi connectivity index (χ4v) is 2.25. The maximum absolute atomic E-state index is 12.0. The van der Waals surface area contributed by atoms with Gasteiger partial charge in [0.25, 0.3) is 5.91 Å². The van der Waals surface area contributed by atoms with E-state index in [9.17, 15) is 14.7 Å². The number of nitrogens with one attached hydrogen (secondary N) is 2. The number of phenolic OH excluding ortho intramolecular Hbond substituents is 1. The maximum Gasteiger partial charge on any atom is 0.275 e. The van der Waals surface area contributed by atoms with Crippen LogP contribution >= 0.6 is 0 Å². The van der Waals surface area contributed by atoms with E-state index in [0.29, 0.717) is 18.0 Å². The number of amides is 2. The Morgan fingerprint density at radius 3 is 2.54 bits per heavy atom. The van der Waals surface area contributed by atoms with E-state index in [1.54, 1.807) is 26.2 Å². The molecule has 0 heterocycles. The van der Waals surface area contributed by atoms with E-state index in [0.717, 1.165) is 5.56 Å². The number of rotatable bonds is 7. The molecule has 2 rings (SSSR count). The SMILES string of the molecule is COc1ccccc1CNC(=O)C/C(C)=N/NC(=O)c1ccccc1O. The van der Waals surface area contributed by atoms with Crippen LogP contribution in [0.2, 0.25) is 0 Å². The summed E-state index contributed by atoms with van der Waals surface area (Å²) in [4.78, 5) is 24.0. The molecule has 2 amide bonds. The van der Waals surface area contributed by atoms with Crippen LogP contribution in [-0.2, 0) is 11.3 Å². The van der Waals surface area contributed by atoms with Gasteiger partial charge in [-0.3, -0.25) is 9.59 Å². The average Bonchev–Trinajstić information content (AvgIpc) is 2.65. The molecule has 2 aromatic carbocycles. The van der Waals surface area contributed by atoms with Crippen molar-refractivity contribution in [3.63, 3.8) is 0 Å². The summed E-state index contributed by atoms with van der Waals surface area (Å²) in [5.74, 6) is -0.202. The summed E-state index contributed by atoms with van der Waals surface area (Å²) in [6.45, 7) is 1.97. The van der Waals surface area contributed by atoms with E-state index in [2.05, 4.69) is 15.8 Å². The smallest absolute Gasteiger partial charge is 0.275 e. The molecule has 0 fully saturated rings. The Balaban J connectivity index is 1.85. The molecule has 0 aliphatic carbocycles. The number of benzene rings is 2. The molecule has 0 unspecified atom stereocenters. The van der Waals surface area contributed by atoms with Crippen LogP contribution in [0.3, 0.4) is 0 Å². The van der Waals surface area contributed by atoms with Gasteiger partial charge < -0.3 is 15.2 Å². The van der Waals surface area contributed by atoms with Crippen LogP contribution in [0.5, 0.6) is 11.5 Å². The zero-order valence-corrected chi connectivity index (χ0v) is 14.7. The van der Waals surface area contributed by atoms with Crippen molar-refractivity contribution in [1.29, 1.82) is 0 Å². The van der Waals surface area contributed by atoms with Gasteiger partial charge in [-0.15, -0.1) is 0 Å². The van der Waals surface area contributed by atoms with Crippen LogP contribution in [0, 0.1) is 0 Å². The molecule has 3 N–H and O–H groups in total. The highest BCUT2D eigenvalue weighted by Gasteiger charge is 2.10. The third-order valence-electron chi connectivity index (χ3n) is 3.58. The second-order valence-electron chi connectivity index (χ2n) is 5.57. The molecule has 0 spiro atoms. The zero-order valence-electron chi connectivity index (χ0n) is 14.7. The number of aromatic hydroxyl groups is 1. The molecule has 0 saturated carbocycles. The van der Waals surface area contributed by atoms with Crippen molar-refractivity contribution in [3.05, 3.63) is 59.7 Å². The third kappa shape index (κ3) is 5.34. The lowest BCUT2D eigenvalue weighted by atomic mass is 10.2. The first-order chi connectivity index (χ1) is 12.5. The van der Waals surface area contributed by atoms with Crippen molar-refractivity contribution in [2.45, 2.75) is 19.9 Å². The van der Waals surface area contributed by atoms with Gasteiger partial charge in [-0.2, -0.15) is 5.10 Å². The Morgan fingerprint density at radius 1 is 1.12 bits per heavy atom. The minimum Gasteiger partial charge on any atom is -0.507 e. The lowest BCUT2D eigenvalue weighted by Gasteiger charge is -2.09. The minimum absolute atomic E-state index is 0.0379. The number of hydrogen-bond acceptors (Lipinski definition) is 5. The van der Waals surface area contributed by atoms with Gasteiger partial charge in [0.05, 0.1) is 19.1 Å². The first-order valence-electron chi connectivity index (χ1n) is 8.01. The van der Waals surface area contributed by atoms with Crippen molar-refractivity contribution in [2.24, 2.45) is 5.10 Å². The van der Waals surface area contributed by atoms with Crippen LogP contribution in [0.15, 0.2) is 53.6 Å². The van der Waals surface area contributed by atoms with Crippen LogP contribution in [0.25, 0.3) is 0 Å². The molecule has 0 aliphatic heterocycles. The zero-order chi connectivity index (χ0) is 18.9. The molecule has 7 nitrogen and oxygen atoms in total. The highest BCUT2D eigenvalue weighted by molar-refractivity contribution is 6.01. The summed E-state index contributed by atoms with van der Waals surface area (Å²) in [6, 6.07) is 13.6. The Hall–Kier alpha value is -3.35. The first kappa shape index (κ1) is 19.0. The molecule has 0 bridgehead atoms. The van der Waals surface area contributed by atoms with Crippen molar-refractivity contribution in [2.75, 3.05) is 7.11 Å². The van der Waals surface area contributed by atoms with Gasteiger partial charge >= 0.3 is 0 Å². The molecular formula is C19H21N3O4. The van der Waals surface area contributed by atoms with Crippen molar-refractivity contribution in [1.82, 2.24) is 10.7 Å². The van der Waals surface area contributed by atoms with Crippen LogP contribution < -0.4 is 15.5 Å². The fourth-order valence-electron chi connectivity index (χ4n) is 2.25. The predicted molar refractivity (Wildman–Crippen MR) is 98.1 cm³/mol. The number of methoxy groups -OCH3 is 1. The lowest BCUT2D eigenvalue weighted by Crippen LogP contribution is -2.26. The summed E-state index contributed by atoms with van der Waals surface area (Å²) in [5, 5.41) is 16.3. The monoisotopic (exact) mass is 355 g/mol. The van der Waals surface area contributed by atoms with Crippen LogP contribution in [-0.4, -0.2) is 29.7 Å². The molecule has 7 heteroatoms. The van der Waals surface area contributed by atoms with Crippen molar-refractivity contribution >= 4 is 17.5 Å². The Labute approximate surface area is 151 Å². The summed E-state index contributed by atoms with van der Waals surface area (Å²) < 4.78 is 5.23. The highest BCUT2D eigenvalue weighted by Crippen LogP contribution is 2.17. The molecule has 136 valence electrons. The van der Waals surface area contributed by atoms with Crippen LogP contribution in [0.1, 0.15) is 29.3 Å². The fraction of sp³-hybridized carbons (Fsp3) is 0.211. The standard InChI is InChI=1S/C19H21N3O4/c1-13(21-22-19(25)15-8-4-5-9-16(15)23)11-18(24)20-12-14-7-3-6-10-17(14)26-2/h3-10,23H,11-12H2,1-2H3,(H,20,24)(H,22,25)/b21-13+. The number of carbonyl (C=O) groups excluding carboxylic acids is 2. The Kier molecular flexibility index (Phi) is 6.73. The van der Waals surface area contributed by atoms with E-state index in [-0.39, 0.29) is 23.6 Å². The molecule has 0 aliphatic rings. The predicted octanol–water partition coefficient (Wildman–Crippen LogP) is 2.21. The lowest BCUT2D eigenvalue weighted by molar-refractivity contribution is -0.120. The van der Waals surface area contributed by atoms with Gasteiger partial charge in [0, 0.05) is 17.8 Å². The highest BCUT2D eigenvalue weighted by atomic mass is 16.5. The molecule has 2 aromatic rings. The number of phenols is 1. The van der Waals surface area contributed by atoms with Crippen molar-refractivity contribution in [3.8, 4) is 11.5 Å². The summed E-state index contributed by atoms with van der Waals surface area (Å²) >= 11 is 0. The quantitative estimate of drug-likeness (QED) is 0.524. The van der Waals surface area contributed by atoms with E-state index in [4.69, 9.17) is 4.74 Å². The Morgan fingerprint density at radius 2 is 1.81 bits per heavy atom. The van der Waals surface area contributed by atoms with E-state index in [1.807, 2.05) is 24.3 Å². The van der Waals surface area contributed by atoms with Gasteiger partial charge in [0.1, 0.15) is 11.5 Å². The molecule has 26 heavy (non-hydrogen) atoms. The first-order valence-corrected chi connectivity index (χ1v) is 8.01. The van der Waals surface area contributed by atoms with Gasteiger partial charge in [-0.05, 0) is 25.1 Å². The van der Waals surface area contributed by atoms with E-state index < -0.39 is 5.91 Å². The number of hydrogen-bond donors (Lipinski definition) is 3. The molecule has 0 saturated heterocycles. The molecule has 0 atom stereocenters.